The number of hydrogen-bond donors (Lipinski definition) is 3. The molecule has 102 valence electrons. The van der Waals surface area contributed by atoms with Crippen LogP contribution in [0.3, 0.4) is 0 Å². The van der Waals surface area contributed by atoms with E-state index < -0.39 is 24.0 Å². The number of hydrogen-bond acceptors (Lipinski definition) is 5. The summed E-state index contributed by atoms with van der Waals surface area (Å²) in [5, 5.41) is 13.6. The number of amides is 2. The molecule has 0 spiro atoms. The molecule has 0 aromatic heterocycles. The van der Waals surface area contributed by atoms with Crippen molar-refractivity contribution < 1.29 is 24.2 Å². The van der Waals surface area contributed by atoms with E-state index >= 15 is 0 Å². The van der Waals surface area contributed by atoms with Gasteiger partial charge < -0.3 is 20.5 Å². The zero-order chi connectivity index (χ0) is 13.5. The summed E-state index contributed by atoms with van der Waals surface area (Å²) in [6.45, 7) is 0.440. The Morgan fingerprint density at radius 3 is 2.89 bits per heavy atom. The lowest BCUT2D eigenvalue weighted by Gasteiger charge is -2.16. The molecule has 2 unspecified atom stereocenters. The fourth-order valence-corrected chi connectivity index (χ4v) is 2.27. The fraction of sp³-hybridized carbons (Fsp3) is 0.700. The fourth-order valence-electron chi connectivity index (χ4n) is 1.49. The van der Waals surface area contributed by atoms with Crippen LogP contribution < -0.4 is 10.6 Å². The predicted octanol–water partition coefficient (Wildman–Crippen LogP) is -0.193. The van der Waals surface area contributed by atoms with Gasteiger partial charge in [-0.15, -0.1) is 0 Å². The normalized spacial score (nSPS) is 20.3. The highest BCUT2D eigenvalue weighted by Crippen LogP contribution is 2.13. The van der Waals surface area contributed by atoms with Gasteiger partial charge in [0.05, 0.1) is 0 Å². The second-order valence-corrected chi connectivity index (χ2v) is 4.82. The SMILES string of the molecule is COCCCC(NC(=O)C1CSC(=O)N1)C(=O)O. The third-order valence-electron chi connectivity index (χ3n) is 2.45. The molecule has 1 aliphatic heterocycles. The maximum atomic E-state index is 11.7. The van der Waals surface area contributed by atoms with Crippen LogP contribution in [0.5, 0.6) is 0 Å². The van der Waals surface area contributed by atoms with Gasteiger partial charge in [-0.2, -0.15) is 0 Å². The first kappa shape index (κ1) is 14.8. The van der Waals surface area contributed by atoms with E-state index in [4.69, 9.17) is 9.84 Å². The van der Waals surface area contributed by atoms with Crippen molar-refractivity contribution in [3.05, 3.63) is 0 Å². The van der Waals surface area contributed by atoms with Crippen molar-refractivity contribution in [3.63, 3.8) is 0 Å². The summed E-state index contributed by atoms with van der Waals surface area (Å²) in [5.41, 5.74) is 0. The van der Waals surface area contributed by atoms with Crippen LogP contribution in [-0.4, -0.2) is 53.8 Å². The van der Waals surface area contributed by atoms with Gasteiger partial charge in [-0.3, -0.25) is 9.59 Å². The number of thioether (sulfide) groups is 1. The number of rotatable bonds is 7. The van der Waals surface area contributed by atoms with Crippen molar-refractivity contribution in [3.8, 4) is 0 Å². The van der Waals surface area contributed by atoms with Crippen LogP contribution in [-0.2, 0) is 14.3 Å². The molecule has 0 saturated carbocycles. The van der Waals surface area contributed by atoms with Crippen molar-refractivity contribution in [2.45, 2.75) is 24.9 Å². The second kappa shape index (κ2) is 7.22. The maximum absolute atomic E-state index is 11.7. The molecule has 2 amide bonds. The van der Waals surface area contributed by atoms with Crippen molar-refractivity contribution >= 4 is 28.9 Å². The van der Waals surface area contributed by atoms with E-state index in [1.54, 1.807) is 0 Å². The largest absolute Gasteiger partial charge is 0.480 e. The van der Waals surface area contributed by atoms with E-state index in [1.807, 2.05) is 0 Å². The summed E-state index contributed by atoms with van der Waals surface area (Å²) in [7, 11) is 1.53. The smallest absolute Gasteiger partial charge is 0.326 e. The van der Waals surface area contributed by atoms with Crippen LogP contribution in [0.15, 0.2) is 0 Å². The van der Waals surface area contributed by atoms with Crippen molar-refractivity contribution in [2.24, 2.45) is 0 Å². The number of carboxylic acids is 1. The Bertz CT molecular complexity index is 336. The Balaban J connectivity index is 2.42. The topological polar surface area (TPSA) is 105 Å². The molecule has 0 aromatic carbocycles. The van der Waals surface area contributed by atoms with Gasteiger partial charge in [-0.05, 0) is 12.8 Å². The predicted molar refractivity (Wildman–Crippen MR) is 65.5 cm³/mol. The minimum absolute atomic E-state index is 0.263. The Morgan fingerprint density at radius 2 is 2.39 bits per heavy atom. The molecule has 1 fully saturated rings. The summed E-state index contributed by atoms with van der Waals surface area (Å²) in [4.78, 5) is 33.6. The average Bonchev–Trinajstić information content (AvgIpc) is 2.74. The van der Waals surface area contributed by atoms with Crippen LogP contribution in [0.4, 0.5) is 4.79 Å². The third kappa shape index (κ3) is 4.53. The first-order chi connectivity index (χ1) is 8.54. The molecule has 7 nitrogen and oxygen atoms in total. The third-order valence-corrected chi connectivity index (χ3v) is 3.33. The Hall–Kier alpha value is -1.28. The number of aliphatic carboxylic acids is 1. The van der Waals surface area contributed by atoms with E-state index in [-0.39, 0.29) is 5.24 Å². The van der Waals surface area contributed by atoms with Gasteiger partial charge >= 0.3 is 5.97 Å². The molecule has 3 N–H and O–H groups in total. The first-order valence-electron chi connectivity index (χ1n) is 5.50. The van der Waals surface area contributed by atoms with Crippen LogP contribution in [0.25, 0.3) is 0 Å². The van der Waals surface area contributed by atoms with Crippen LogP contribution >= 0.6 is 11.8 Å². The number of ether oxygens (including phenoxy) is 1. The van der Waals surface area contributed by atoms with Crippen LogP contribution in [0.2, 0.25) is 0 Å². The quantitative estimate of drug-likeness (QED) is 0.557. The molecular weight excluding hydrogens is 260 g/mol. The molecule has 2 atom stereocenters. The Morgan fingerprint density at radius 1 is 1.67 bits per heavy atom. The molecule has 18 heavy (non-hydrogen) atoms. The minimum atomic E-state index is -1.09. The molecule has 0 aliphatic carbocycles. The monoisotopic (exact) mass is 276 g/mol. The Kier molecular flexibility index (Phi) is 5.93. The lowest BCUT2D eigenvalue weighted by molar-refractivity contribution is -0.142. The number of nitrogens with one attached hydrogen (secondary N) is 2. The number of carboxylic acid groups (broad SMARTS) is 1. The van der Waals surface area contributed by atoms with Crippen molar-refractivity contribution in [1.29, 1.82) is 0 Å². The molecule has 8 heteroatoms. The number of carbonyl (C=O) groups excluding carboxylic acids is 2. The molecule has 1 aliphatic rings. The van der Waals surface area contributed by atoms with Gasteiger partial charge in [0.25, 0.3) is 5.24 Å². The highest BCUT2D eigenvalue weighted by atomic mass is 32.2. The molecule has 0 bridgehead atoms. The van der Waals surface area contributed by atoms with Gasteiger partial charge in [0.1, 0.15) is 12.1 Å². The summed E-state index contributed by atoms with van der Waals surface area (Å²) < 4.78 is 4.82. The van der Waals surface area contributed by atoms with E-state index in [1.165, 1.54) is 7.11 Å². The van der Waals surface area contributed by atoms with Gasteiger partial charge in [0, 0.05) is 19.5 Å². The van der Waals surface area contributed by atoms with E-state index in [2.05, 4.69) is 10.6 Å². The lowest BCUT2D eigenvalue weighted by atomic mass is 10.1. The van der Waals surface area contributed by atoms with Crippen LogP contribution in [0, 0.1) is 0 Å². The molecule has 0 aromatic rings. The molecule has 1 rings (SSSR count). The highest BCUT2D eigenvalue weighted by Gasteiger charge is 2.30. The summed E-state index contributed by atoms with van der Waals surface area (Å²) in [6.07, 6.45) is 0.836. The van der Waals surface area contributed by atoms with Crippen LogP contribution in [0.1, 0.15) is 12.8 Å². The van der Waals surface area contributed by atoms with Gasteiger partial charge in [0.2, 0.25) is 5.91 Å². The number of carbonyl (C=O) groups is 3. The second-order valence-electron chi connectivity index (χ2n) is 3.83. The average molecular weight is 276 g/mol. The van der Waals surface area contributed by atoms with E-state index in [0.717, 1.165) is 11.8 Å². The molecular formula is C10H16N2O5S. The van der Waals surface area contributed by atoms with Gasteiger partial charge in [-0.1, -0.05) is 11.8 Å². The first-order valence-corrected chi connectivity index (χ1v) is 6.48. The van der Waals surface area contributed by atoms with Gasteiger partial charge in [0.15, 0.2) is 0 Å². The zero-order valence-electron chi connectivity index (χ0n) is 9.97. The Labute approximate surface area is 109 Å². The molecule has 0 radical (unpaired) electrons. The summed E-state index contributed by atoms with van der Waals surface area (Å²) in [6, 6.07) is -1.60. The van der Waals surface area contributed by atoms with E-state index in [0.29, 0.717) is 25.2 Å². The summed E-state index contributed by atoms with van der Waals surface area (Å²) in [5.74, 6) is -1.22. The summed E-state index contributed by atoms with van der Waals surface area (Å²) >= 11 is 1.01. The number of methoxy groups -OCH3 is 1. The lowest BCUT2D eigenvalue weighted by Crippen LogP contribution is -2.49. The molecule has 1 saturated heterocycles. The minimum Gasteiger partial charge on any atom is -0.480 e. The van der Waals surface area contributed by atoms with E-state index in [9.17, 15) is 14.4 Å². The molecule has 1 heterocycles. The maximum Gasteiger partial charge on any atom is 0.326 e. The standard InChI is InChI=1S/C10H16N2O5S/c1-17-4-2-3-6(9(14)15)11-8(13)7-5-18-10(16)12-7/h6-7H,2-5H2,1H3,(H,11,13)(H,12,16)(H,14,15). The zero-order valence-corrected chi connectivity index (χ0v) is 10.8. The van der Waals surface area contributed by atoms with Crippen molar-refractivity contribution in [2.75, 3.05) is 19.5 Å². The van der Waals surface area contributed by atoms with Crippen molar-refractivity contribution in [1.82, 2.24) is 10.6 Å². The van der Waals surface area contributed by atoms with Gasteiger partial charge in [-0.25, -0.2) is 4.79 Å². The highest BCUT2D eigenvalue weighted by molar-refractivity contribution is 8.14.